The second kappa shape index (κ2) is 4.06. The molecule has 3 heteroatoms. The first-order valence-electron chi connectivity index (χ1n) is 3.57. The van der Waals surface area contributed by atoms with Gasteiger partial charge in [-0.3, -0.25) is 0 Å². The molecule has 12 heavy (non-hydrogen) atoms. The van der Waals surface area contributed by atoms with Crippen molar-refractivity contribution in [1.29, 1.82) is 0 Å². The van der Waals surface area contributed by atoms with Crippen molar-refractivity contribution in [2.45, 2.75) is 11.8 Å². The fraction of sp³-hybridized carbons (Fsp3) is 0.333. The Bertz CT molecular complexity index is 261. The summed E-state index contributed by atoms with van der Waals surface area (Å²) in [4.78, 5) is 1.17. The van der Waals surface area contributed by atoms with Crippen molar-refractivity contribution in [1.82, 2.24) is 0 Å². The van der Waals surface area contributed by atoms with E-state index in [0.29, 0.717) is 0 Å². The summed E-state index contributed by atoms with van der Waals surface area (Å²) in [6.45, 7) is 2.03. The van der Waals surface area contributed by atoms with Gasteiger partial charge in [-0.1, -0.05) is 11.6 Å². The molecule has 0 heterocycles. The van der Waals surface area contributed by atoms with Crippen LogP contribution in [0.1, 0.15) is 5.56 Å². The normalized spacial score (nSPS) is 10.0. The molecule has 1 aromatic carbocycles. The van der Waals surface area contributed by atoms with E-state index < -0.39 is 0 Å². The highest BCUT2D eigenvalue weighted by Gasteiger charge is 2.05. The fourth-order valence-electron chi connectivity index (χ4n) is 1.05. The summed E-state index contributed by atoms with van der Waals surface area (Å²) in [5, 5.41) is 0.724. The number of ether oxygens (including phenoxy) is 1. The highest BCUT2D eigenvalue weighted by Crippen LogP contribution is 2.31. The van der Waals surface area contributed by atoms with E-state index in [1.807, 2.05) is 25.3 Å². The zero-order chi connectivity index (χ0) is 9.14. The predicted octanol–water partition coefficient (Wildman–Crippen LogP) is 3.38. The number of methoxy groups -OCH3 is 1. The van der Waals surface area contributed by atoms with Gasteiger partial charge in [0.05, 0.1) is 7.11 Å². The minimum absolute atomic E-state index is 0.724. The van der Waals surface area contributed by atoms with Crippen molar-refractivity contribution in [2.75, 3.05) is 13.4 Å². The summed E-state index contributed by atoms with van der Waals surface area (Å²) in [5.41, 5.74) is 1.15. The van der Waals surface area contributed by atoms with Crippen LogP contribution >= 0.6 is 23.4 Å². The molecule has 0 atom stereocenters. The van der Waals surface area contributed by atoms with Crippen LogP contribution in [-0.2, 0) is 0 Å². The van der Waals surface area contributed by atoms with Crippen LogP contribution in [0, 0.1) is 6.92 Å². The smallest absolute Gasteiger partial charge is 0.124 e. The minimum atomic E-state index is 0.724. The van der Waals surface area contributed by atoms with Gasteiger partial charge in [0.15, 0.2) is 0 Å². The molecule has 0 unspecified atom stereocenters. The topological polar surface area (TPSA) is 9.23 Å². The van der Waals surface area contributed by atoms with E-state index in [9.17, 15) is 0 Å². The number of hydrogen-bond acceptors (Lipinski definition) is 2. The molecule has 0 bridgehead atoms. The maximum atomic E-state index is 5.89. The highest BCUT2D eigenvalue weighted by atomic mass is 35.5. The number of halogens is 1. The quantitative estimate of drug-likeness (QED) is 0.680. The van der Waals surface area contributed by atoms with Gasteiger partial charge in [0.25, 0.3) is 0 Å². The zero-order valence-electron chi connectivity index (χ0n) is 7.35. The lowest BCUT2D eigenvalue weighted by Crippen LogP contribution is -1.88. The first-order chi connectivity index (χ1) is 5.69. The van der Waals surface area contributed by atoms with Gasteiger partial charge < -0.3 is 4.74 Å². The molecule has 0 aliphatic carbocycles. The lowest BCUT2D eigenvalue weighted by atomic mass is 10.2. The molecule has 0 amide bonds. The molecule has 0 fully saturated rings. The summed E-state index contributed by atoms with van der Waals surface area (Å²) in [6.07, 6.45) is 2.03. The van der Waals surface area contributed by atoms with Gasteiger partial charge in [-0.25, -0.2) is 0 Å². The molecule has 0 saturated carbocycles. The summed E-state index contributed by atoms with van der Waals surface area (Å²) < 4.78 is 5.17. The second-order valence-electron chi connectivity index (χ2n) is 2.44. The van der Waals surface area contributed by atoms with Crippen molar-refractivity contribution in [3.05, 3.63) is 22.7 Å². The minimum Gasteiger partial charge on any atom is -0.496 e. The molecule has 0 N–H and O–H groups in total. The second-order valence-corrected chi connectivity index (χ2v) is 3.72. The van der Waals surface area contributed by atoms with Gasteiger partial charge in [0, 0.05) is 15.5 Å². The molecule has 1 nitrogen and oxygen atoms in total. The molecule has 0 aromatic heterocycles. The Morgan fingerprint density at radius 2 is 2.08 bits per heavy atom. The van der Waals surface area contributed by atoms with E-state index in [0.717, 1.165) is 16.3 Å². The predicted molar refractivity (Wildman–Crippen MR) is 54.5 cm³/mol. The van der Waals surface area contributed by atoms with E-state index in [4.69, 9.17) is 16.3 Å². The Balaban J connectivity index is 3.22. The van der Waals surface area contributed by atoms with Crippen molar-refractivity contribution in [2.24, 2.45) is 0 Å². The Kier molecular flexibility index (Phi) is 3.29. The number of thioether (sulfide) groups is 1. The largest absolute Gasteiger partial charge is 0.496 e. The molecular weight excluding hydrogens is 192 g/mol. The Morgan fingerprint density at radius 1 is 1.42 bits per heavy atom. The van der Waals surface area contributed by atoms with Crippen LogP contribution in [0.15, 0.2) is 17.0 Å². The van der Waals surface area contributed by atoms with Crippen LogP contribution in [0.5, 0.6) is 5.75 Å². The van der Waals surface area contributed by atoms with Crippen molar-refractivity contribution < 1.29 is 4.74 Å². The van der Waals surface area contributed by atoms with Crippen molar-refractivity contribution in [3.8, 4) is 5.75 Å². The maximum absolute atomic E-state index is 5.89. The molecular formula is C9H11ClOS. The SMILES string of the molecule is COc1cc(Cl)cc(SC)c1C. The van der Waals surface area contributed by atoms with Gasteiger partial charge in [0.1, 0.15) is 5.75 Å². The highest BCUT2D eigenvalue weighted by molar-refractivity contribution is 7.98. The molecule has 0 aliphatic rings. The summed E-state index contributed by atoms with van der Waals surface area (Å²) in [6, 6.07) is 3.78. The summed E-state index contributed by atoms with van der Waals surface area (Å²) in [7, 11) is 1.66. The number of benzene rings is 1. The average Bonchev–Trinajstić information content (AvgIpc) is 2.08. The molecule has 1 rings (SSSR count). The molecule has 0 saturated heterocycles. The van der Waals surface area contributed by atoms with Gasteiger partial charge in [0.2, 0.25) is 0 Å². The molecule has 1 aromatic rings. The lowest BCUT2D eigenvalue weighted by Gasteiger charge is -2.08. The molecule has 0 radical (unpaired) electrons. The third-order valence-corrected chi connectivity index (χ3v) is 2.80. The van der Waals surface area contributed by atoms with E-state index in [2.05, 4.69) is 0 Å². The Morgan fingerprint density at radius 3 is 2.58 bits per heavy atom. The Labute approximate surface area is 82.1 Å². The molecule has 0 aliphatic heterocycles. The van der Waals surface area contributed by atoms with Gasteiger partial charge in [-0.05, 0) is 25.3 Å². The van der Waals surface area contributed by atoms with Crippen LogP contribution in [0.3, 0.4) is 0 Å². The van der Waals surface area contributed by atoms with Crippen LogP contribution in [-0.4, -0.2) is 13.4 Å². The van der Waals surface area contributed by atoms with E-state index in [-0.39, 0.29) is 0 Å². The van der Waals surface area contributed by atoms with Crippen LogP contribution in [0.25, 0.3) is 0 Å². The van der Waals surface area contributed by atoms with Crippen LogP contribution in [0.4, 0.5) is 0 Å². The lowest BCUT2D eigenvalue weighted by molar-refractivity contribution is 0.410. The third kappa shape index (κ3) is 1.87. The van der Waals surface area contributed by atoms with Gasteiger partial charge >= 0.3 is 0 Å². The first kappa shape index (κ1) is 9.75. The third-order valence-electron chi connectivity index (χ3n) is 1.72. The van der Waals surface area contributed by atoms with Crippen LogP contribution < -0.4 is 4.74 Å². The van der Waals surface area contributed by atoms with E-state index in [1.54, 1.807) is 18.9 Å². The van der Waals surface area contributed by atoms with E-state index >= 15 is 0 Å². The molecule has 66 valence electrons. The van der Waals surface area contributed by atoms with Crippen molar-refractivity contribution in [3.63, 3.8) is 0 Å². The van der Waals surface area contributed by atoms with Crippen molar-refractivity contribution >= 4 is 23.4 Å². The fourth-order valence-corrected chi connectivity index (χ4v) is 1.98. The monoisotopic (exact) mass is 202 g/mol. The average molecular weight is 203 g/mol. The van der Waals surface area contributed by atoms with Gasteiger partial charge in [-0.2, -0.15) is 0 Å². The Hall–Kier alpha value is -0.340. The maximum Gasteiger partial charge on any atom is 0.124 e. The summed E-state index contributed by atoms with van der Waals surface area (Å²) in [5.74, 6) is 0.854. The summed E-state index contributed by atoms with van der Waals surface area (Å²) >= 11 is 7.56. The first-order valence-corrected chi connectivity index (χ1v) is 5.17. The van der Waals surface area contributed by atoms with E-state index in [1.165, 1.54) is 4.90 Å². The zero-order valence-corrected chi connectivity index (χ0v) is 8.92. The number of hydrogen-bond donors (Lipinski definition) is 0. The van der Waals surface area contributed by atoms with Crippen LogP contribution in [0.2, 0.25) is 5.02 Å². The van der Waals surface area contributed by atoms with Gasteiger partial charge in [-0.15, -0.1) is 11.8 Å². The number of rotatable bonds is 2. The standard InChI is InChI=1S/C9H11ClOS/c1-6-8(11-2)4-7(10)5-9(6)12-3/h4-5H,1-3H3. The molecule has 0 spiro atoms.